The third-order valence-electron chi connectivity index (χ3n) is 2.66. The predicted molar refractivity (Wildman–Crippen MR) is 64.4 cm³/mol. The van der Waals surface area contributed by atoms with Crippen molar-refractivity contribution in [2.24, 2.45) is 0 Å². The standard InChI is InChI=1S/C11H20N2S/c1-5-9(4)10-8-14-11(12-10)13(6-2)7-3/h8-9H,5-7H2,1-4H3. The Morgan fingerprint density at radius 3 is 2.50 bits per heavy atom. The highest BCUT2D eigenvalue weighted by Gasteiger charge is 2.10. The summed E-state index contributed by atoms with van der Waals surface area (Å²) in [4.78, 5) is 6.97. The molecule has 0 radical (unpaired) electrons. The van der Waals surface area contributed by atoms with Crippen LogP contribution in [0.3, 0.4) is 0 Å². The van der Waals surface area contributed by atoms with E-state index in [-0.39, 0.29) is 0 Å². The van der Waals surface area contributed by atoms with Crippen LogP contribution in [-0.4, -0.2) is 18.1 Å². The molecule has 0 amide bonds. The molecule has 3 heteroatoms. The van der Waals surface area contributed by atoms with E-state index >= 15 is 0 Å². The monoisotopic (exact) mass is 212 g/mol. The van der Waals surface area contributed by atoms with E-state index in [0.717, 1.165) is 13.1 Å². The molecule has 1 aromatic heterocycles. The van der Waals surface area contributed by atoms with E-state index in [4.69, 9.17) is 0 Å². The van der Waals surface area contributed by atoms with Gasteiger partial charge in [0.2, 0.25) is 0 Å². The fraction of sp³-hybridized carbons (Fsp3) is 0.727. The Kier molecular flexibility index (Phi) is 4.39. The fourth-order valence-corrected chi connectivity index (χ4v) is 2.43. The summed E-state index contributed by atoms with van der Waals surface area (Å²) in [5.74, 6) is 0.593. The third kappa shape index (κ3) is 2.47. The van der Waals surface area contributed by atoms with Crippen molar-refractivity contribution in [2.75, 3.05) is 18.0 Å². The van der Waals surface area contributed by atoms with E-state index in [1.807, 2.05) is 0 Å². The van der Waals surface area contributed by atoms with Crippen LogP contribution in [0, 0.1) is 0 Å². The molecule has 0 N–H and O–H groups in total. The van der Waals surface area contributed by atoms with Crippen LogP contribution in [0.15, 0.2) is 5.38 Å². The fourth-order valence-electron chi connectivity index (χ4n) is 1.35. The first-order valence-corrected chi connectivity index (χ1v) is 6.31. The normalized spacial score (nSPS) is 12.9. The van der Waals surface area contributed by atoms with E-state index in [1.54, 1.807) is 11.3 Å². The molecule has 0 aromatic carbocycles. The van der Waals surface area contributed by atoms with Gasteiger partial charge in [0, 0.05) is 18.5 Å². The van der Waals surface area contributed by atoms with Crippen LogP contribution < -0.4 is 4.90 Å². The molecule has 0 aliphatic rings. The first-order chi connectivity index (χ1) is 6.72. The number of aromatic nitrogens is 1. The second-order valence-electron chi connectivity index (χ2n) is 3.54. The molecule has 0 saturated carbocycles. The molecule has 1 atom stereocenters. The van der Waals surface area contributed by atoms with Gasteiger partial charge < -0.3 is 4.90 Å². The Bertz CT molecular complexity index is 266. The maximum absolute atomic E-state index is 4.67. The van der Waals surface area contributed by atoms with E-state index in [9.17, 15) is 0 Å². The second-order valence-corrected chi connectivity index (χ2v) is 4.37. The van der Waals surface area contributed by atoms with Gasteiger partial charge in [0.1, 0.15) is 0 Å². The largest absolute Gasteiger partial charge is 0.349 e. The molecule has 1 aromatic rings. The Morgan fingerprint density at radius 1 is 1.36 bits per heavy atom. The molecular formula is C11H20N2S. The summed E-state index contributed by atoms with van der Waals surface area (Å²) >= 11 is 1.77. The summed E-state index contributed by atoms with van der Waals surface area (Å²) in [6.07, 6.45) is 1.17. The summed E-state index contributed by atoms with van der Waals surface area (Å²) in [7, 11) is 0. The zero-order valence-corrected chi connectivity index (χ0v) is 10.4. The van der Waals surface area contributed by atoms with Crippen LogP contribution in [0.5, 0.6) is 0 Å². The van der Waals surface area contributed by atoms with E-state index < -0.39 is 0 Å². The number of hydrogen-bond acceptors (Lipinski definition) is 3. The molecule has 14 heavy (non-hydrogen) atoms. The van der Waals surface area contributed by atoms with Crippen LogP contribution in [-0.2, 0) is 0 Å². The summed E-state index contributed by atoms with van der Waals surface area (Å²) in [5.41, 5.74) is 1.25. The minimum Gasteiger partial charge on any atom is -0.349 e. The summed E-state index contributed by atoms with van der Waals surface area (Å²) in [5, 5.41) is 3.37. The average molecular weight is 212 g/mol. The average Bonchev–Trinajstić information content (AvgIpc) is 2.68. The number of anilines is 1. The number of rotatable bonds is 5. The van der Waals surface area contributed by atoms with Crippen LogP contribution >= 0.6 is 11.3 Å². The molecule has 0 spiro atoms. The van der Waals surface area contributed by atoms with Gasteiger partial charge in [-0.3, -0.25) is 0 Å². The number of nitrogens with zero attached hydrogens (tertiary/aromatic N) is 2. The molecular weight excluding hydrogens is 192 g/mol. The van der Waals surface area contributed by atoms with E-state index in [0.29, 0.717) is 5.92 Å². The van der Waals surface area contributed by atoms with Crippen LogP contribution in [0.2, 0.25) is 0 Å². The lowest BCUT2D eigenvalue weighted by Crippen LogP contribution is -2.21. The molecule has 0 saturated heterocycles. The van der Waals surface area contributed by atoms with Crippen molar-refractivity contribution in [3.05, 3.63) is 11.1 Å². The zero-order chi connectivity index (χ0) is 10.6. The first kappa shape index (κ1) is 11.5. The van der Waals surface area contributed by atoms with Crippen molar-refractivity contribution in [1.29, 1.82) is 0 Å². The Balaban J connectivity index is 2.76. The summed E-state index contributed by atoms with van der Waals surface area (Å²) in [6.45, 7) is 10.9. The van der Waals surface area contributed by atoms with Crippen molar-refractivity contribution in [1.82, 2.24) is 4.98 Å². The lowest BCUT2D eigenvalue weighted by molar-refractivity contribution is 0.710. The lowest BCUT2D eigenvalue weighted by atomic mass is 10.1. The molecule has 0 aliphatic carbocycles. The highest BCUT2D eigenvalue weighted by atomic mass is 32.1. The minimum atomic E-state index is 0.593. The van der Waals surface area contributed by atoms with Gasteiger partial charge in [-0.05, 0) is 26.2 Å². The first-order valence-electron chi connectivity index (χ1n) is 5.43. The van der Waals surface area contributed by atoms with Crippen LogP contribution in [0.25, 0.3) is 0 Å². The molecule has 1 unspecified atom stereocenters. The second kappa shape index (κ2) is 5.35. The van der Waals surface area contributed by atoms with Gasteiger partial charge in [0.15, 0.2) is 5.13 Å². The van der Waals surface area contributed by atoms with Gasteiger partial charge in [-0.25, -0.2) is 4.98 Å². The maximum Gasteiger partial charge on any atom is 0.185 e. The zero-order valence-electron chi connectivity index (χ0n) is 9.58. The number of thiazole rings is 1. The summed E-state index contributed by atoms with van der Waals surface area (Å²) < 4.78 is 0. The van der Waals surface area contributed by atoms with Crippen molar-refractivity contribution in [2.45, 2.75) is 40.0 Å². The molecule has 1 heterocycles. The third-order valence-corrected chi connectivity index (χ3v) is 3.58. The van der Waals surface area contributed by atoms with Gasteiger partial charge >= 0.3 is 0 Å². The quantitative estimate of drug-likeness (QED) is 0.742. The van der Waals surface area contributed by atoms with Crippen LogP contribution in [0.1, 0.15) is 45.7 Å². The Labute approximate surface area is 91.0 Å². The van der Waals surface area contributed by atoms with Gasteiger partial charge in [-0.2, -0.15) is 0 Å². The van der Waals surface area contributed by atoms with Gasteiger partial charge in [0.05, 0.1) is 5.69 Å². The molecule has 1 rings (SSSR count). The van der Waals surface area contributed by atoms with Gasteiger partial charge in [0.25, 0.3) is 0 Å². The Morgan fingerprint density at radius 2 is 2.00 bits per heavy atom. The highest BCUT2D eigenvalue weighted by molar-refractivity contribution is 7.13. The van der Waals surface area contributed by atoms with Gasteiger partial charge in [-0.15, -0.1) is 11.3 Å². The van der Waals surface area contributed by atoms with Crippen molar-refractivity contribution in [3.8, 4) is 0 Å². The van der Waals surface area contributed by atoms with Crippen LogP contribution in [0.4, 0.5) is 5.13 Å². The summed E-state index contributed by atoms with van der Waals surface area (Å²) in [6, 6.07) is 0. The molecule has 0 bridgehead atoms. The smallest absolute Gasteiger partial charge is 0.185 e. The van der Waals surface area contributed by atoms with Crippen molar-refractivity contribution in [3.63, 3.8) is 0 Å². The van der Waals surface area contributed by atoms with Crippen molar-refractivity contribution >= 4 is 16.5 Å². The topological polar surface area (TPSA) is 16.1 Å². The molecule has 80 valence electrons. The minimum absolute atomic E-state index is 0.593. The Hall–Kier alpha value is -0.570. The van der Waals surface area contributed by atoms with E-state index in [2.05, 4.69) is 43.0 Å². The van der Waals surface area contributed by atoms with Crippen molar-refractivity contribution < 1.29 is 0 Å². The molecule has 2 nitrogen and oxygen atoms in total. The lowest BCUT2D eigenvalue weighted by Gasteiger charge is -2.16. The SMILES string of the molecule is CCC(C)c1csc(N(CC)CC)n1. The number of hydrogen-bond donors (Lipinski definition) is 0. The van der Waals surface area contributed by atoms with Gasteiger partial charge in [-0.1, -0.05) is 13.8 Å². The molecule has 0 aliphatic heterocycles. The maximum atomic E-state index is 4.67. The molecule has 0 fully saturated rings. The van der Waals surface area contributed by atoms with E-state index in [1.165, 1.54) is 17.2 Å². The predicted octanol–water partition coefficient (Wildman–Crippen LogP) is 3.50. The highest BCUT2D eigenvalue weighted by Crippen LogP contribution is 2.26.